The van der Waals surface area contributed by atoms with Gasteiger partial charge in [0.25, 0.3) is 0 Å². The summed E-state index contributed by atoms with van der Waals surface area (Å²) in [5, 5.41) is 15.5. The van der Waals surface area contributed by atoms with E-state index in [-0.39, 0.29) is 5.41 Å². The highest BCUT2D eigenvalue weighted by Crippen LogP contribution is 2.49. The van der Waals surface area contributed by atoms with E-state index in [4.69, 9.17) is 0 Å². The van der Waals surface area contributed by atoms with E-state index in [2.05, 4.69) is 45.3 Å². The van der Waals surface area contributed by atoms with Crippen molar-refractivity contribution in [2.45, 2.75) is 43.6 Å². The molecule has 0 aliphatic heterocycles. The van der Waals surface area contributed by atoms with Crippen molar-refractivity contribution in [3.63, 3.8) is 0 Å². The molecule has 1 aromatic heterocycles. The molecule has 112 valence electrons. The number of hydrogen-bond acceptors (Lipinski definition) is 2. The normalized spacial score (nSPS) is 19.4. The van der Waals surface area contributed by atoms with E-state index in [9.17, 15) is 5.11 Å². The molecule has 1 unspecified atom stereocenters. The summed E-state index contributed by atoms with van der Waals surface area (Å²) < 4.78 is 2.67. The highest BCUT2D eigenvalue weighted by molar-refractivity contribution is 9.10. The zero-order valence-corrected chi connectivity index (χ0v) is 13.9. The van der Waals surface area contributed by atoms with Gasteiger partial charge in [0.05, 0.1) is 16.4 Å². The van der Waals surface area contributed by atoms with Crippen molar-refractivity contribution in [3.05, 3.63) is 52.3 Å². The molecule has 1 heterocycles. The smallest absolute Gasteiger partial charge is 0.106 e. The fourth-order valence-electron chi connectivity index (χ4n) is 3.66. The van der Waals surface area contributed by atoms with Crippen LogP contribution in [0.3, 0.4) is 0 Å². The first-order valence-corrected chi connectivity index (χ1v) is 8.35. The monoisotopic (exact) mass is 348 g/mol. The maximum absolute atomic E-state index is 11.2. The van der Waals surface area contributed by atoms with Gasteiger partial charge in [-0.1, -0.05) is 49.6 Å². The molecule has 0 spiro atoms. The van der Waals surface area contributed by atoms with Gasteiger partial charge in [0.2, 0.25) is 0 Å². The number of nitrogens with zero attached hydrogens (tertiary/aromatic N) is 2. The molecule has 1 aliphatic rings. The van der Waals surface area contributed by atoms with Crippen LogP contribution in [0.5, 0.6) is 0 Å². The number of aliphatic hydroxyl groups is 1. The summed E-state index contributed by atoms with van der Waals surface area (Å²) in [6.45, 7) is 0. The maximum atomic E-state index is 11.2. The van der Waals surface area contributed by atoms with Crippen LogP contribution in [0.15, 0.2) is 41.0 Å². The predicted octanol–water partition coefficient (Wildman–Crippen LogP) is 4.12. The summed E-state index contributed by atoms with van der Waals surface area (Å²) in [5.74, 6) is 0. The zero-order valence-electron chi connectivity index (χ0n) is 12.3. The second-order valence-electron chi connectivity index (χ2n) is 5.99. The summed E-state index contributed by atoms with van der Waals surface area (Å²) >= 11 is 3.54. The molecule has 1 saturated carbocycles. The van der Waals surface area contributed by atoms with Crippen molar-refractivity contribution in [2.24, 2.45) is 7.05 Å². The average Bonchev–Trinajstić information content (AvgIpc) is 2.87. The molecule has 1 atom stereocenters. The second kappa shape index (κ2) is 5.93. The van der Waals surface area contributed by atoms with Gasteiger partial charge in [0.15, 0.2) is 0 Å². The predicted molar refractivity (Wildman–Crippen MR) is 87.1 cm³/mol. The van der Waals surface area contributed by atoms with E-state index in [1.54, 1.807) is 10.9 Å². The fourth-order valence-corrected chi connectivity index (χ4v) is 4.23. The Balaban J connectivity index is 2.08. The molecule has 0 radical (unpaired) electrons. The Labute approximate surface area is 134 Å². The molecule has 1 aromatic carbocycles. The second-order valence-corrected chi connectivity index (χ2v) is 6.84. The standard InChI is InChI=1S/C17H21BrN2O/c1-20-15(14(18)12-19-20)16(21)17(10-6-3-7-11-17)13-8-4-2-5-9-13/h2,4-5,8-9,12,16,21H,3,6-7,10-11H2,1H3. The van der Waals surface area contributed by atoms with Gasteiger partial charge in [-0.25, -0.2) is 0 Å². The van der Waals surface area contributed by atoms with Gasteiger partial charge in [0, 0.05) is 12.5 Å². The minimum absolute atomic E-state index is 0.199. The molecule has 21 heavy (non-hydrogen) atoms. The number of aromatic nitrogens is 2. The lowest BCUT2D eigenvalue weighted by Crippen LogP contribution is -2.37. The minimum atomic E-state index is -0.540. The topological polar surface area (TPSA) is 38.0 Å². The van der Waals surface area contributed by atoms with Crippen LogP contribution in [-0.2, 0) is 12.5 Å². The van der Waals surface area contributed by atoms with E-state index in [0.717, 1.165) is 23.0 Å². The summed E-state index contributed by atoms with van der Waals surface area (Å²) in [4.78, 5) is 0. The van der Waals surface area contributed by atoms with Crippen LogP contribution in [0.4, 0.5) is 0 Å². The maximum Gasteiger partial charge on any atom is 0.106 e. The first-order chi connectivity index (χ1) is 10.1. The molecular formula is C17H21BrN2O. The Morgan fingerprint density at radius 3 is 2.43 bits per heavy atom. The van der Waals surface area contributed by atoms with Gasteiger partial charge in [-0.05, 0) is 34.3 Å². The molecule has 4 heteroatoms. The first-order valence-electron chi connectivity index (χ1n) is 7.56. The van der Waals surface area contributed by atoms with E-state index in [1.165, 1.54) is 24.8 Å². The molecule has 1 aliphatic carbocycles. The van der Waals surface area contributed by atoms with Gasteiger partial charge in [-0.15, -0.1) is 0 Å². The minimum Gasteiger partial charge on any atom is -0.386 e. The van der Waals surface area contributed by atoms with Crippen molar-refractivity contribution < 1.29 is 5.11 Å². The largest absolute Gasteiger partial charge is 0.386 e. The lowest BCUT2D eigenvalue weighted by molar-refractivity contribution is 0.0459. The van der Waals surface area contributed by atoms with E-state index >= 15 is 0 Å². The van der Waals surface area contributed by atoms with Crippen molar-refractivity contribution in [2.75, 3.05) is 0 Å². The Kier molecular flexibility index (Phi) is 4.18. The van der Waals surface area contributed by atoms with Gasteiger partial charge in [-0.2, -0.15) is 5.10 Å². The van der Waals surface area contributed by atoms with E-state index < -0.39 is 6.10 Å². The SMILES string of the molecule is Cn1ncc(Br)c1C(O)C1(c2ccccc2)CCCCC1. The number of halogens is 1. The van der Waals surface area contributed by atoms with Crippen molar-refractivity contribution in [1.82, 2.24) is 9.78 Å². The van der Waals surface area contributed by atoms with Crippen LogP contribution in [0.1, 0.15) is 49.5 Å². The third kappa shape index (κ3) is 2.55. The number of benzene rings is 1. The number of rotatable bonds is 3. The van der Waals surface area contributed by atoms with Crippen LogP contribution < -0.4 is 0 Å². The van der Waals surface area contributed by atoms with Crippen LogP contribution in [0.25, 0.3) is 0 Å². The molecule has 0 amide bonds. The van der Waals surface area contributed by atoms with Crippen LogP contribution in [0.2, 0.25) is 0 Å². The molecule has 3 nitrogen and oxygen atoms in total. The lowest BCUT2D eigenvalue weighted by Gasteiger charge is -2.42. The van der Waals surface area contributed by atoms with Gasteiger partial charge >= 0.3 is 0 Å². The quantitative estimate of drug-likeness (QED) is 0.905. The highest BCUT2D eigenvalue weighted by atomic mass is 79.9. The molecule has 1 N–H and O–H groups in total. The third-order valence-electron chi connectivity index (χ3n) is 4.81. The Bertz CT molecular complexity index is 583. The molecule has 0 bridgehead atoms. The molecule has 2 aromatic rings. The Morgan fingerprint density at radius 1 is 1.19 bits per heavy atom. The van der Waals surface area contributed by atoms with E-state index in [1.807, 2.05) is 13.1 Å². The summed E-state index contributed by atoms with van der Waals surface area (Å²) in [5.41, 5.74) is 1.92. The van der Waals surface area contributed by atoms with Crippen LogP contribution in [-0.4, -0.2) is 14.9 Å². The fraction of sp³-hybridized carbons (Fsp3) is 0.471. The third-order valence-corrected chi connectivity index (χ3v) is 5.43. The number of hydrogen-bond donors (Lipinski definition) is 1. The number of aryl methyl sites for hydroxylation is 1. The first kappa shape index (κ1) is 14.8. The zero-order chi connectivity index (χ0) is 14.9. The highest BCUT2D eigenvalue weighted by Gasteiger charge is 2.43. The average molecular weight is 349 g/mol. The van der Waals surface area contributed by atoms with Gasteiger partial charge in [-0.3, -0.25) is 4.68 Å². The van der Waals surface area contributed by atoms with Crippen molar-refractivity contribution in [1.29, 1.82) is 0 Å². The Morgan fingerprint density at radius 2 is 1.86 bits per heavy atom. The van der Waals surface area contributed by atoms with Crippen LogP contribution in [0, 0.1) is 0 Å². The lowest BCUT2D eigenvalue weighted by atomic mass is 9.65. The summed E-state index contributed by atoms with van der Waals surface area (Å²) in [6, 6.07) is 10.5. The summed E-state index contributed by atoms with van der Waals surface area (Å²) in [7, 11) is 1.89. The molecule has 1 fully saturated rings. The van der Waals surface area contributed by atoms with Crippen molar-refractivity contribution in [3.8, 4) is 0 Å². The molecule has 0 saturated heterocycles. The molecule has 3 rings (SSSR count). The summed E-state index contributed by atoms with van der Waals surface area (Å²) in [6.07, 6.45) is 6.87. The number of aliphatic hydroxyl groups excluding tert-OH is 1. The van der Waals surface area contributed by atoms with E-state index in [0.29, 0.717) is 0 Å². The van der Waals surface area contributed by atoms with Crippen molar-refractivity contribution >= 4 is 15.9 Å². The van der Waals surface area contributed by atoms with Gasteiger partial charge in [0.1, 0.15) is 6.10 Å². The van der Waals surface area contributed by atoms with Crippen LogP contribution >= 0.6 is 15.9 Å². The molecular weight excluding hydrogens is 328 g/mol. The Hall–Kier alpha value is -1.13. The van der Waals surface area contributed by atoms with Gasteiger partial charge < -0.3 is 5.11 Å².